The van der Waals surface area contributed by atoms with Crippen molar-refractivity contribution in [2.45, 2.75) is 20.0 Å². The van der Waals surface area contributed by atoms with E-state index in [0.29, 0.717) is 28.5 Å². The van der Waals surface area contributed by atoms with Gasteiger partial charge in [-0.3, -0.25) is 9.59 Å². The number of anilines is 1. The number of hydrogen-bond donors (Lipinski definition) is 1. The van der Waals surface area contributed by atoms with Crippen LogP contribution in [-0.4, -0.2) is 29.6 Å². The highest BCUT2D eigenvalue weighted by Gasteiger charge is 2.34. The lowest BCUT2D eigenvalue weighted by Crippen LogP contribution is -2.49. The molecule has 0 unspecified atom stereocenters. The Balaban J connectivity index is 2.05. The lowest BCUT2D eigenvalue weighted by molar-refractivity contribution is -0.124. The zero-order valence-corrected chi connectivity index (χ0v) is 12.2. The molecule has 0 spiro atoms. The highest BCUT2D eigenvalue weighted by atomic mass is 16.5. The zero-order chi connectivity index (χ0) is 15.9. The number of carbonyl (C=O) groups excluding carboxylic acids is 2. The van der Waals surface area contributed by atoms with Crippen molar-refractivity contribution < 1.29 is 18.8 Å². The highest BCUT2D eigenvalue weighted by Crippen LogP contribution is 2.34. The second-order valence-electron chi connectivity index (χ2n) is 5.09. The van der Waals surface area contributed by atoms with Crippen LogP contribution in [0, 0.1) is 13.8 Å². The average molecular weight is 301 g/mol. The van der Waals surface area contributed by atoms with E-state index in [1.807, 2.05) is 0 Å². The summed E-state index contributed by atoms with van der Waals surface area (Å²) in [6, 6.07) is 7.00. The van der Waals surface area contributed by atoms with Gasteiger partial charge in [0.25, 0.3) is 11.8 Å². The number of amides is 2. The van der Waals surface area contributed by atoms with Crippen LogP contribution in [0.3, 0.4) is 0 Å². The number of benzene rings is 1. The van der Waals surface area contributed by atoms with Gasteiger partial charge in [0.15, 0.2) is 6.10 Å². The molecule has 1 aliphatic heterocycles. The molecule has 2 heterocycles. The van der Waals surface area contributed by atoms with Crippen LogP contribution in [0.15, 0.2) is 28.8 Å². The summed E-state index contributed by atoms with van der Waals surface area (Å²) in [4.78, 5) is 25.8. The van der Waals surface area contributed by atoms with Crippen molar-refractivity contribution in [3.05, 3.63) is 41.3 Å². The number of para-hydroxylation sites is 2. The van der Waals surface area contributed by atoms with E-state index < -0.39 is 12.0 Å². The summed E-state index contributed by atoms with van der Waals surface area (Å²) in [7, 11) is 0. The second kappa shape index (κ2) is 5.18. The number of nitrogens with two attached hydrogens (primary N) is 1. The fraction of sp³-hybridized carbons (Fsp3) is 0.267. The molecule has 0 saturated heterocycles. The van der Waals surface area contributed by atoms with Crippen molar-refractivity contribution in [1.29, 1.82) is 0 Å². The van der Waals surface area contributed by atoms with Crippen LogP contribution in [0.5, 0.6) is 5.75 Å². The van der Waals surface area contributed by atoms with E-state index in [2.05, 4.69) is 5.16 Å². The first kappa shape index (κ1) is 14.1. The molecule has 1 aromatic heterocycles. The molecule has 0 radical (unpaired) electrons. The van der Waals surface area contributed by atoms with Gasteiger partial charge in [0.2, 0.25) is 0 Å². The summed E-state index contributed by atoms with van der Waals surface area (Å²) in [6.07, 6.45) is -0.890. The minimum Gasteiger partial charge on any atom is -0.477 e. The first-order valence-corrected chi connectivity index (χ1v) is 6.78. The van der Waals surface area contributed by atoms with Gasteiger partial charge in [0.1, 0.15) is 17.1 Å². The third-order valence-electron chi connectivity index (χ3n) is 3.58. The summed E-state index contributed by atoms with van der Waals surface area (Å²) >= 11 is 0. The number of carbonyl (C=O) groups is 2. The van der Waals surface area contributed by atoms with E-state index >= 15 is 0 Å². The maximum atomic E-state index is 12.9. The quantitative estimate of drug-likeness (QED) is 0.898. The Kier molecular flexibility index (Phi) is 3.32. The number of primary amides is 1. The number of fused-ring (bicyclic) bond motifs is 1. The van der Waals surface area contributed by atoms with E-state index in [9.17, 15) is 9.59 Å². The standard InChI is InChI=1S/C15H15N3O4/c1-8-13(9(2)22-17-8)15(20)18-7-12(14(16)19)21-11-6-4-3-5-10(11)18/h3-6,12H,7H2,1-2H3,(H2,16,19)/t12-/m1/s1. The molecule has 3 rings (SSSR count). The molecule has 114 valence electrons. The Bertz CT molecular complexity index is 733. The van der Waals surface area contributed by atoms with Crippen LogP contribution < -0.4 is 15.4 Å². The lowest BCUT2D eigenvalue weighted by Gasteiger charge is -2.33. The monoisotopic (exact) mass is 301 g/mol. The van der Waals surface area contributed by atoms with Gasteiger partial charge in [-0.25, -0.2) is 0 Å². The van der Waals surface area contributed by atoms with Crippen molar-refractivity contribution in [2.24, 2.45) is 5.73 Å². The van der Waals surface area contributed by atoms with Gasteiger partial charge in [0.05, 0.1) is 17.9 Å². The number of nitrogens with zero attached hydrogens (tertiary/aromatic N) is 2. The minimum atomic E-state index is -0.890. The van der Waals surface area contributed by atoms with Crippen molar-refractivity contribution in [2.75, 3.05) is 11.4 Å². The molecule has 7 nitrogen and oxygen atoms in total. The fourth-order valence-electron chi connectivity index (χ4n) is 2.50. The number of aryl methyl sites for hydroxylation is 2. The molecule has 2 N–H and O–H groups in total. The molecule has 1 atom stereocenters. The van der Waals surface area contributed by atoms with Crippen molar-refractivity contribution >= 4 is 17.5 Å². The number of hydrogen-bond acceptors (Lipinski definition) is 5. The summed E-state index contributed by atoms with van der Waals surface area (Å²) < 4.78 is 10.6. The van der Waals surface area contributed by atoms with Gasteiger partial charge in [-0.1, -0.05) is 17.3 Å². The SMILES string of the molecule is Cc1noc(C)c1C(=O)N1C[C@H](C(N)=O)Oc2ccccc21. The van der Waals surface area contributed by atoms with Crippen LogP contribution in [0.2, 0.25) is 0 Å². The number of aromatic nitrogens is 1. The van der Waals surface area contributed by atoms with Gasteiger partial charge in [-0.15, -0.1) is 0 Å². The van der Waals surface area contributed by atoms with Crippen molar-refractivity contribution in [3.63, 3.8) is 0 Å². The maximum Gasteiger partial charge on any atom is 0.264 e. The van der Waals surface area contributed by atoms with Gasteiger partial charge < -0.3 is 19.9 Å². The van der Waals surface area contributed by atoms with Gasteiger partial charge >= 0.3 is 0 Å². The predicted octanol–water partition coefficient (Wildman–Crippen LogP) is 1.18. The minimum absolute atomic E-state index is 0.0508. The smallest absolute Gasteiger partial charge is 0.264 e. The molecule has 0 fully saturated rings. The number of ether oxygens (including phenoxy) is 1. The first-order chi connectivity index (χ1) is 10.5. The van der Waals surface area contributed by atoms with E-state index in [4.69, 9.17) is 15.0 Å². The van der Waals surface area contributed by atoms with Crippen LogP contribution in [-0.2, 0) is 4.79 Å². The number of rotatable bonds is 2. The Morgan fingerprint density at radius 2 is 2.05 bits per heavy atom. The predicted molar refractivity (Wildman–Crippen MR) is 77.7 cm³/mol. The molecule has 0 bridgehead atoms. The Morgan fingerprint density at radius 1 is 1.32 bits per heavy atom. The molecule has 1 aliphatic rings. The van der Waals surface area contributed by atoms with Crippen LogP contribution in [0.1, 0.15) is 21.8 Å². The first-order valence-electron chi connectivity index (χ1n) is 6.78. The summed E-state index contributed by atoms with van der Waals surface area (Å²) in [5, 5.41) is 3.80. The Labute approximate surface area is 126 Å². The van der Waals surface area contributed by atoms with E-state index in [0.717, 1.165) is 0 Å². The third-order valence-corrected chi connectivity index (χ3v) is 3.58. The van der Waals surface area contributed by atoms with Gasteiger partial charge in [-0.2, -0.15) is 0 Å². The molecule has 0 aliphatic carbocycles. The van der Waals surface area contributed by atoms with Crippen molar-refractivity contribution in [1.82, 2.24) is 5.16 Å². The average Bonchev–Trinajstić information content (AvgIpc) is 2.84. The Hall–Kier alpha value is -2.83. The normalized spacial score (nSPS) is 16.8. The zero-order valence-electron chi connectivity index (χ0n) is 12.2. The van der Waals surface area contributed by atoms with E-state index in [1.54, 1.807) is 38.1 Å². The van der Waals surface area contributed by atoms with E-state index in [1.165, 1.54) is 4.90 Å². The third kappa shape index (κ3) is 2.20. The molecule has 1 aromatic carbocycles. The lowest BCUT2D eigenvalue weighted by atomic mass is 10.1. The second-order valence-corrected chi connectivity index (χ2v) is 5.09. The topological polar surface area (TPSA) is 98.7 Å². The Morgan fingerprint density at radius 3 is 2.68 bits per heavy atom. The molecule has 0 saturated carbocycles. The summed E-state index contributed by atoms with van der Waals surface area (Å²) in [5.74, 6) is -0.0379. The van der Waals surface area contributed by atoms with Gasteiger partial charge in [-0.05, 0) is 26.0 Å². The van der Waals surface area contributed by atoms with E-state index in [-0.39, 0.29) is 12.5 Å². The molecule has 7 heteroatoms. The van der Waals surface area contributed by atoms with Crippen LogP contribution in [0.4, 0.5) is 5.69 Å². The maximum absolute atomic E-state index is 12.9. The molecule has 2 aromatic rings. The molecule has 22 heavy (non-hydrogen) atoms. The van der Waals surface area contributed by atoms with Crippen molar-refractivity contribution in [3.8, 4) is 5.75 Å². The van der Waals surface area contributed by atoms with Crippen LogP contribution >= 0.6 is 0 Å². The highest BCUT2D eigenvalue weighted by molar-refractivity contribution is 6.09. The molecule has 2 amide bonds. The largest absolute Gasteiger partial charge is 0.477 e. The fourth-order valence-corrected chi connectivity index (χ4v) is 2.50. The summed E-state index contributed by atoms with van der Waals surface area (Å²) in [6.45, 7) is 3.42. The van der Waals surface area contributed by atoms with Crippen LogP contribution in [0.25, 0.3) is 0 Å². The summed E-state index contributed by atoms with van der Waals surface area (Å²) in [5.41, 5.74) is 6.81. The molecular formula is C15H15N3O4. The van der Waals surface area contributed by atoms with Gasteiger partial charge in [0, 0.05) is 0 Å². The molecular weight excluding hydrogens is 286 g/mol.